The van der Waals surface area contributed by atoms with Crippen LogP contribution in [-0.4, -0.2) is 14.5 Å². The van der Waals surface area contributed by atoms with Crippen molar-refractivity contribution < 1.29 is 4.42 Å². The molecular weight excluding hydrogens is 453 g/mol. The molecule has 0 unspecified atom stereocenters. The van der Waals surface area contributed by atoms with Crippen molar-refractivity contribution in [2.24, 2.45) is 0 Å². The summed E-state index contributed by atoms with van der Waals surface area (Å²) in [4.78, 5) is 9.69. The van der Waals surface area contributed by atoms with Crippen LogP contribution >= 0.6 is 34.8 Å². The van der Waals surface area contributed by atoms with Gasteiger partial charge in [0.05, 0.1) is 16.4 Å². The molecule has 160 valence electrons. The number of nitrogens with zero attached hydrogens (tertiary/aromatic N) is 3. The Morgan fingerprint density at radius 3 is 2.19 bits per heavy atom. The molecule has 0 aliphatic rings. The fraction of sp³-hybridized carbons (Fsp3) is 0.250. The molecule has 0 spiro atoms. The number of hydrogen-bond acceptors (Lipinski definition) is 3. The lowest BCUT2D eigenvalue weighted by molar-refractivity contribution is 0.543. The molecule has 0 aliphatic heterocycles. The molecule has 0 radical (unpaired) electrons. The summed E-state index contributed by atoms with van der Waals surface area (Å²) in [7, 11) is 0. The highest BCUT2D eigenvalue weighted by atomic mass is 35.5. The van der Waals surface area contributed by atoms with E-state index in [1.807, 2.05) is 30.3 Å². The molecule has 2 aromatic heterocycles. The van der Waals surface area contributed by atoms with Gasteiger partial charge in [-0.3, -0.25) is 4.57 Å². The molecule has 4 rings (SSSR count). The summed E-state index contributed by atoms with van der Waals surface area (Å²) in [6.45, 7) is 8.37. The molecule has 4 aromatic rings. The normalized spacial score (nSPS) is 11.8. The minimum absolute atomic E-state index is 0.130. The second-order valence-corrected chi connectivity index (χ2v) is 9.59. The standard InChI is InChI=1S/C24H22Cl3N3O/c1-5-19-21(23-28-20(13-31-23)24(2,3)4)29-22(17-11-8-15(26)12-18(17)27)30(19)16-9-6-14(25)7-10-16/h6-13H,5H2,1-4H3. The maximum atomic E-state index is 6.57. The van der Waals surface area contributed by atoms with Crippen LogP contribution in [0.3, 0.4) is 0 Å². The van der Waals surface area contributed by atoms with Gasteiger partial charge in [0.2, 0.25) is 5.89 Å². The Morgan fingerprint density at radius 1 is 0.935 bits per heavy atom. The molecule has 0 saturated heterocycles. The first-order valence-electron chi connectivity index (χ1n) is 9.98. The van der Waals surface area contributed by atoms with Crippen molar-refractivity contribution in [3.05, 3.63) is 75.2 Å². The largest absolute Gasteiger partial charge is 0.443 e. The molecule has 0 aliphatic carbocycles. The summed E-state index contributed by atoms with van der Waals surface area (Å²) >= 11 is 18.8. The van der Waals surface area contributed by atoms with Crippen LogP contribution in [0.15, 0.2) is 53.1 Å². The summed E-state index contributed by atoms with van der Waals surface area (Å²) in [6, 6.07) is 13.0. The van der Waals surface area contributed by atoms with Gasteiger partial charge in [0.25, 0.3) is 0 Å². The lowest BCUT2D eigenvalue weighted by Gasteiger charge is -2.13. The summed E-state index contributed by atoms with van der Waals surface area (Å²) < 4.78 is 7.94. The van der Waals surface area contributed by atoms with Crippen molar-refractivity contribution in [3.8, 4) is 28.7 Å². The molecule has 0 bridgehead atoms. The summed E-state index contributed by atoms with van der Waals surface area (Å²) in [6.07, 6.45) is 2.41. The Balaban J connectivity index is 1.99. The third-order valence-corrected chi connectivity index (χ3v) is 5.84. The Kier molecular flexibility index (Phi) is 5.91. The van der Waals surface area contributed by atoms with Crippen LogP contribution in [0.4, 0.5) is 0 Å². The number of aromatic nitrogens is 3. The monoisotopic (exact) mass is 473 g/mol. The van der Waals surface area contributed by atoms with E-state index >= 15 is 0 Å². The average molecular weight is 475 g/mol. The van der Waals surface area contributed by atoms with Crippen molar-refractivity contribution in [1.82, 2.24) is 14.5 Å². The van der Waals surface area contributed by atoms with Crippen LogP contribution in [0.5, 0.6) is 0 Å². The van der Waals surface area contributed by atoms with Crippen molar-refractivity contribution in [3.63, 3.8) is 0 Å². The van der Waals surface area contributed by atoms with Gasteiger partial charge in [0, 0.05) is 26.7 Å². The van der Waals surface area contributed by atoms with Crippen molar-refractivity contribution >= 4 is 34.8 Å². The van der Waals surface area contributed by atoms with E-state index < -0.39 is 0 Å². The van der Waals surface area contributed by atoms with Crippen molar-refractivity contribution in [2.45, 2.75) is 39.5 Å². The quantitative estimate of drug-likeness (QED) is 0.301. The Labute approximate surface area is 196 Å². The SMILES string of the molecule is CCc1c(-c2nc(C(C)(C)C)co2)nc(-c2ccc(Cl)cc2Cl)n1-c1ccc(Cl)cc1. The van der Waals surface area contributed by atoms with Crippen LogP contribution in [0.1, 0.15) is 39.1 Å². The summed E-state index contributed by atoms with van der Waals surface area (Å²) in [5.41, 5.74) is 4.08. The van der Waals surface area contributed by atoms with E-state index in [0.29, 0.717) is 38.9 Å². The fourth-order valence-electron chi connectivity index (χ4n) is 3.40. The van der Waals surface area contributed by atoms with Crippen molar-refractivity contribution in [1.29, 1.82) is 0 Å². The predicted molar refractivity (Wildman–Crippen MR) is 128 cm³/mol. The number of oxazole rings is 1. The maximum Gasteiger partial charge on any atom is 0.247 e. The molecule has 0 fully saturated rings. The van der Waals surface area contributed by atoms with Crippen LogP contribution in [0.2, 0.25) is 15.1 Å². The van der Waals surface area contributed by atoms with E-state index in [2.05, 4.69) is 32.3 Å². The second kappa shape index (κ2) is 8.34. The fourth-order valence-corrected chi connectivity index (χ4v) is 4.02. The minimum atomic E-state index is -0.130. The Bertz CT molecular complexity index is 1230. The van der Waals surface area contributed by atoms with Crippen LogP contribution in [0, 0.1) is 0 Å². The van der Waals surface area contributed by atoms with Gasteiger partial charge in [-0.25, -0.2) is 9.97 Å². The average Bonchev–Trinajstić information content (AvgIpc) is 3.33. The minimum Gasteiger partial charge on any atom is -0.443 e. The highest BCUT2D eigenvalue weighted by Gasteiger charge is 2.26. The molecule has 0 saturated carbocycles. The first-order chi connectivity index (χ1) is 14.7. The van der Waals surface area contributed by atoms with E-state index in [1.54, 1.807) is 18.4 Å². The molecule has 2 aromatic carbocycles. The van der Waals surface area contributed by atoms with E-state index in [0.717, 1.165) is 22.6 Å². The maximum absolute atomic E-state index is 6.57. The molecule has 0 atom stereocenters. The first-order valence-corrected chi connectivity index (χ1v) is 11.1. The van der Waals surface area contributed by atoms with Gasteiger partial charge < -0.3 is 4.42 Å². The third-order valence-electron chi connectivity index (χ3n) is 5.04. The molecule has 0 N–H and O–H groups in total. The van der Waals surface area contributed by atoms with Gasteiger partial charge >= 0.3 is 0 Å². The number of halogens is 3. The van der Waals surface area contributed by atoms with E-state index in [9.17, 15) is 0 Å². The van der Waals surface area contributed by atoms with Crippen LogP contribution in [-0.2, 0) is 11.8 Å². The van der Waals surface area contributed by atoms with E-state index in [4.69, 9.17) is 49.2 Å². The molecule has 2 heterocycles. The van der Waals surface area contributed by atoms with Gasteiger partial charge in [-0.2, -0.15) is 0 Å². The van der Waals surface area contributed by atoms with Gasteiger partial charge in [-0.15, -0.1) is 0 Å². The lowest BCUT2D eigenvalue weighted by atomic mass is 9.93. The number of imidazole rings is 1. The summed E-state index contributed by atoms with van der Waals surface area (Å²) in [5, 5.41) is 1.75. The number of rotatable bonds is 4. The topological polar surface area (TPSA) is 43.9 Å². The second-order valence-electron chi connectivity index (χ2n) is 8.31. The Hall–Kier alpha value is -2.27. The number of benzene rings is 2. The van der Waals surface area contributed by atoms with Gasteiger partial charge in [-0.05, 0) is 48.9 Å². The van der Waals surface area contributed by atoms with Gasteiger partial charge in [0.1, 0.15) is 17.8 Å². The Morgan fingerprint density at radius 2 is 1.61 bits per heavy atom. The first kappa shape index (κ1) is 21.9. The van der Waals surface area contributed by atoms with E-state index in [1.165, 1.54) is 0 Å². The van der Waals surface area contributed by atoms with Crippen molar-refractivity contribution in [2.75, 3.05) is 0 Å². The molecule has 7 heteroatoms. The molecule has 4 nitrogen and oxygen atoms in total. The lowest BCUT2D eigenvalue weighted by Crippen LogP contribution is -2.11. The smallest absolute Gasteiger partial charge is 0.247 e. The molecule has 0 amide bonds. The van der Waals surface area contributed by atoms with Crippen LogP contribution < -0.4 is 0 Å². The highest BCUT2D eigenvalue weighted by molar-refractivity contribution is 6.36. The number of hydrogen-bond donors (Lipinski definition) is 0. The molecule has 31 heavy (non-hydrogen) atoms. The molecular formula is C24H22Cl3N3O. The summed E-state index contributed by atoms with van der Waals surface area (Å²) in [5.74, 6) is 1.17. The van der Waals surface area contributed by atoms with Gasteiger partial charge in [0.15, 0.2) is 0 Å². The zero-order valence-electron chi connectivity index (χ0n) is 17.7. The third kappa shape index (κ3) is 4.25. The van der Waals surface area contributed by atoms with Crippen LogP contribution in [0.25, 0.3) is 28.7 Å². The van der Waals surface area contributed by atoms with Gasteiger partial charge in [-0.1, -0.05) is 62.5 Å². The zero-order chi connectivity index (χ0) is 22.3. The van der Waals surface area contributed by atoms with E-state index in [-0.39, 0.29) is 5.41 Å². The zero-order valence-corrected chi connectivity index (χ0v) is 20.0. The predicted octanol–water partition coefficient (Wildman–Crippen LogP) is 8.01. The highest BCUT2D eigenvalue weighted by Crippen LogP contribution is 2.37.